The van der Waals surface area contributed by atoms with Crippen LogP contribution in [0, 0.1) is 0 Å². The van der Waals surface area contributed by atoms with Crippen molar-refractivity contribution in [2.45, 2.75) is 19.6 Å². The molecule has 3 aromatic carbocycles. The van der Waals surface area contributed by atoms with Gasteiger partial charge in [-0.25, -0.2) is 24.1 Å². The minimum Gasteiger partial charge on any atom is -0.478 e. The van der Waals surface area contributed by atoms with Crippen LogP contribution in [0.4, 0.5) is 11.4 Å². The standard InChI is InChI=1S/C27H22N8O7/c28-19-20(22(37)21(19)36)29-11-14-2-1-3-15(8-14)12-30-23(38)17-9-18(35-26(32-17)33-34-27(35)42)24(39)31-10-13-4-6-16(7-5-13)25(40)41/h1-9,29H,10-12,28H2,(H,30,38)(H,31,39)(H,34,42)(H,40,41). The van der Waals surface area contributed by atoms with Crippen LogP contribution in [0.3, 0.4) is 0 Å². The van der Waals surface area contributed by atoms with E-state index in [2.05, 4.69) is 31.1 Å². The number of hydrogen-bond donors (Lipinski definition) is 6. The molecule has 15 nitrogen and oxygen atoms in total. The van der Waals surface area contributed by atoms with E-state index in [1.165, 1.54) is 12.1 Å². The number of hydrogen-bond acceptors (Lipinski definition) is 10. The number of nitrogen functional groups attached to an aromatic ring is 1. The van der Waals surface area contributed by atoms with Crippen LogP contribution in [0.25, 0.3) is 5.78 Å². The second-order valence-electron chi connectivity index (χ2n) is 9.18. The Labute approximate surface area is 234 Å². The van der Waals surface area contributed by atoms with Crippen molar-refractivity contribution >= 4 is 34.9 Å². The fraction of sp³-hybridized carbons (Fsp3) is 0.111. The topological polar surface area (TPSA) is 231 Å². The Hall–Kier alpha value is -6.12. The average Bonchev–Trinajstić information content (AvgIpc) is 3.38. The van der Waals surface area contributed by atoms with Crippen molar-refractivity contribution in [3.63, 3.8) is 0 Å². The molecule has 15 heteroatoms. The molecule has 0 radical (unpaired) electrons. The van der Waals surface area contributed by atoms with Crippen LogP contribution in [0.1, 0.15) is 48.0 Å². The summed E-state index contributed by atoms with van der Waals surface area (Å²) in [7, 11) is 0. The normalized spacial score (nSPS) is 11.0. The van der Waals surface area contributed by atoms with E-state index >= 15 is 0 Å². The van der Waals surface area contributed by atoms with Gasteiger partial charge < -0.3 is 26.8 Å². The van der Waals surface area contributed by atoms with E-state index in [1.54, 1.807) is 36.4 Å². The third kappa shape index (κ3) is 5.46. The third-order valence-corrected chi connectivity index (χ3v) is 6.37. The highest BCUT2D eigenvalue weighted by atomic mass is 16.4. The highest BCUT2D eigenvalue weighted by molar-refractivity contribution is 5.98. The molecule has 42 heavy (non-hydrogen) atoms. The van der Waals surface area contributed by atoms with Crippen LogP contribution in [0.15, 0.2) is 69.0 Å². The number of nitrogens with zero attached hydrogens (tertiary/aromatic N) is 3. The maximum Gasteiger partial charge on any atom is 0.349 e. The Morgan fingerprint density at radius 2 is 1.52 bits per heavy atom. The number of aromatic amines is 1. The summed E-state index contributed by atoms with van der Waals surface area (Å²) < 4.78 is 0.929. The number of nitrogens with two attached hydrogens (primary N) is 1. The lowest BCUT2D eigenvalue weighted by molar-refractivity contribution is 0.0696. The molecule has 0 bridgehead atoms. The summed E-state index contributed by atoms with van der Waals surface area (Å²) in [5, 5.41) is 23.2. The van der Waals surface area contributed by atoms with Crippen molar-refractivity contribution < 1.29 is 19.5 Å². The van der Waals surface area contributed by atoms with Crippen molar-refractivity contribution in [1.29, 1.82) is 0 Å². The molecule has 0 unspecified atom stereocenters. The molecule has 0 saturated heterocycles. The second kappa shape index (κ2) is 11.2. The first-order valence-corrected chi connectivity index (χ1v) is 12.4. The van der Waals surface area contributed by atoms with Gasteiger partial charge in [-0.3, -0.25) is 19.2 Å². The summed E-state index contributed by atoms with van der Waals surface area (Å²) in [6, 6.07) is 14.1. The molecule has 5 rings (SSSR count). The molecule has 0 saturated carbocycles. The molecule has 7 N–H and O–H groups in total. The Bertz CT molecular complexity index is 1990. The van der Waals surface area contributed by atoms with Gasteiger partial charge in [0.15, 0.2) is 0 Å². The summed E-state index contributed by atoms with van der Waals surface area (Å²) in [6.45, 7) is 0.338. The molecular formula is C27H22N8O7. The molecule has 0 aliphatic carbocycles. The van der Waals surface area contributed by atoms with Crippen molar-refractivity contribution in [2.24, 2.45) is 0 Å². The number of anilines is 2. The largest absolute Gasteiger partial charge is 0.478 e. The summed E-state index contributed by atoms with van der Waals surface area (Å²) >= 11 is 0. The number of carboxylic acid groups (broad SMARTS) is 1. The van der Waals surface area contributed by atoms with Crippen molar-refractivity contribution in [3.8, 4) is 0 Å². The van der Waals surface area contributed by atoms with Gasteiger partial charge >= 0.3 is 11.7 Å². The van der Waals surface area contributed by atoms with E-state index in [-0.39, 0.29) is 53.7 Å². The number of benzene rings is 2. The molecule has 5 aromatic rings. The van der Waals surface area contributed by atoms with E-state index in [0.717, 1.165) is 16.0 Å². The van der Waals surface area contributed by atoms with Crippen molar-refractivity contribution in [2.75, 3.05) is 11.1 Å². The van der Waals surface area contributed by atoms with E-state index in [4.69, 9.17) is 10.8 Å². The second-order valence-corrected chi connectivity index (χ2v) is 9.18. The zero-order valence-corrected chi connectivity index (χ0v) is 21.6. The first-order chi connectivity index (χ1) is 20.1. The van der Waals surface area contributed by atoms with Gasteiger partial charge in [0.05, 0.1) is 5.56 Å². The molecule has 0 fully saturated rings. The van der Waals surface area contributed by atoms with E-state index in [0.29, 0.717) is 11.1 Å². The zero-order chi connectivity index (χ0) is 30.0. The number of aromatic carboxylic acids is 1. The summed E-state index contributed by atoms with van der Waals surface area (Å²) in [6.07, 6.45) is 0. The Kier molecular flexibility index (Phi) is 7.30. The molecule has 0 aliphatic heterocycles. The smallest absolute Gasteiger partial charge is 0.349 e. The maximum atomic E-state index is 13.0. The number of nitrogens with one attached hydrogen (secondary N) is 4. The first kappa shape index (κ1) is 27.4. The summed E-state index contributed by atoms with van der Waals surface area (Å²) in [5.41, 5.74) is 5.24. The molecule has 2 heterocycles. The van der Waals surface area contributed by atoms with Gasteiger partial charge in [0.2, 0.25) is 0 Å². The molecular weight excluding hydrogens is 548 g/mol. The summed E-state index contributed by atoms with van der Waals surface area (Å²) in [4.78, 5) is 76.3. The van der Waals surface area contributed by atoms with E-state index in [9.17, 15) is 28.8 Å². The predicted molar refractivity (Wildman–Crippen MR) is 149 cm³/mol. The predicted octanol–water partition coefficient (Wildman–Crippen LogP) is -0.234. The minimum absolute atomic E-state index is 0.0240. The molecule has 2 aromatic heterocycles. The number of amides is 2. The monoisotopic (exact) mass is 570 g/mol. The van der Waals surface area contributed by atoms with Crippen LogP contribution in [-0.2, 0) is 19.6 Å². The lowest BCUT2D eigenvalue weighted by Crippen LogP contribution is -2.36. The van der Waals surface area contributed by atoms with Crippen LogP contribution < -0.4 is 38.2 Å². The fourth-order valence-corrected chi connectivity index (χ4v) is 4.13. The Morgan fingerprint density at radius 3 is 2.21 bits per heavy atom. The van der Waals surface area contributed by atoms with Gasteiger partial charge in [-0.15, -0.1) is 5.10 Å². The van der Waals surface area contributed by atoms with Gasteiger partial charge in [0.1, 0.15) is 22.8 Å². The van der Waals surface area contributed by atoms with Gasteiger partial charge in [0.25, 0.3) is 28.4 Å². The SMILES string of the molecule is Nc1c(NCc2cccc(CNC(=O)c3cc(C(=O)NCc4ccc(C(=O)O)cc4)n4c(=O)[nH]nc4n3)c2)c(=O)c1=O. The molecule has 2 amide bonds. The molecule has 0 atom stereocenters. The number of H-pyrrole nitrogens is 1. The third-order valence-electron chi connectivity index (χ3n) is 6.37. The molecule has 0 aliphatic rings. The molecule has 0 spiro atoms. The average molecular weight is 571 g/mol. The highest BCUT2D eigenvalue weighted by Gasteiger charge is 2.20. The Balaban J connectivity index is 1.27. The fourth-order valence-electron chi connectivity index (χ4n) is 4.13. The van der Waals surface area contributed by atoms with Crippen LogP contribution >= 0.6 is 0 Å². The zero-order valence-electron chi connectivity index (χ0n) is 21.6. The Morgan fingerprint density at radius 1 is 0.857 bits per heavy atom. The van der Waals surface area contributed by atoms with Gasteiger partial charge in [-0.05, 0) is 34.9 Å². The van der Waals surface area contributed by atoms with Gasteiger partial charge in [0, 0.05) is 19.6 Å². The van der Waals surface area contributed by atoms with Gasteiger partial charge in [-0.1, -0.05) is 36.4 Å². The number of carboxylic acids is 1. The van der Waals surface area contributed by atoms with Crippen LogP contribution in [-0.4, -0.2) is 42.5 Å². The van der Waals surface area contributed by atoms with E-state index < -0.39 is 34.3 Å². The number of carbonyl (C=O) groups excluding carboxylic acids is 2. The molecule has 212 valence electrons. The van der Waals surface area contributed by atoms with Crippen LogP contribution in [0.2, 0.25) is 0 Å². The number of aromatic nitrogens is 4. The van der Waals surface area contributed by atoms with Crippen molar-refractivity contribution in [1.82, 2.24) is 30.2 Å². The lowest BCUT2D eigenvalue weighted by Gasteiger charge is -2.11. The maximum absolute atomic E-state index is 13.0. The quantitative estimate of drug-likeness (QED) is 0.120. The van der Waals surface area contributed by atoms with Crippen molar-refractivity contribution in [3.05, 3.63) is 119 Å². The van der Waals surface area contributed by atoms with E-state index in [1.807, 2.05) is 0 Å². The lowest BCUT2D eigenvalue weighted by atomic mass is 10.1. The van der Waals surface area contributed by atoms with Gasteiger partial charge in [-0.2, -0.15) is 0 Å². The number of carbonyl (C=O) groups is 3. The number of fused-ring (bicyclic) bond motifs is 1. The van der Waals surface area contributed by atoms with Crippen LogP contribution in [0.5, 0.6) is 0 Å². The number of rotatable bonds is 10. The highest BCUT2D eigenvalue weighted by Crippen LogP contribution is 2.13. The minimum atomic E-state index is -1.08. The summed E-state index contributed by atoms with van der Waals surface area (Å²) in [5.74, 6) is -2.59. The first-order valence-electron chi connectivity index (χ1n) is 12.4.